The molecule has 10 nitrogen and oxygen atoms in total. The minimum Gasteiger partial charge on any atom is -1.00 e. The van der Waals surface area contributed by atoms with Crippen LogP contribution in [-0.2, 0) is 25.1 Å². The number of ether oxygens (including phenoxy) is 2. The maximum Gasteiger partial charge on any atom is 0.231 e. The van der Waals surface area contributed by atoms with Crippen LogP contribution in [0.4, 0.5) is 8.78 Å². The van der Waals surface area contributed by atoms with Crippen LogP contribution in [0.2, 0.25) is 0 Å². The highest BCUT2D eigenvalue weighted by Crippen LogP contribution is 2.35. The predicted octanol–water partition coefficient (Wildman–Crippen LogP) is -1.23. The molecule has 0 spiro atoms. The Morgan fingerprint density at radius 1 is 1.00 bits per heavy atom. The highest BCUT2D eigenvalue weighted by Gasteiger charge is 2.34. The highest BCUT2D eigenvalue weighted by atomic mass is 127. The molecule has 2 aliphatic rings. The fourth-order valence-corrected chi connectivity index (χ4v) is 4.19. The van der Waals surface area contributed by atoms with Gasteiger partial charge >= 0.3 is 0 Å². The zero-order valence-electron chi connectivity index (χ0n) is 19.8. The summed E-state index contributed by atoms with van der Waals surface area (Å²) in [6.45, 7) is 1.28. The second kappa shape index (κ2) is 11.3. The van der Waals surface area contributed by atoms with Gasteiger partial charge in [0.25, 0.3) is 0 Å². The van der Waals surface area contributed by atoms with Gasteiger partial charge in [0.2, 0.25) is 6.79 Å². The van der Waals surface area contributed by atoms with Gasteiger partial charge in [-0.15, -0.1) is 0 Å². The van der Waals surface area contributed by atoms with Crippen LogP contribution in [0.1, 0.15) is 16.7 Å². The van der Waals surface area contributed by atoms with Crippen molar-refractivity contribution in [3.05, 3.63) is 84.0 Å². The van der Waals surface area contributed by atoms with Gasteiger partial charge < -0.3 is 38.6 Å². The summed E-state index contributed by atoms with van der Waals surface area (Å²) in [6, 6.07) is 7.18. The van der Waals surface area contributed by atoms with Crippen LogP contribution in [0.15, 0.2) is 55.6 Å². The topological polar surface area (TPSA) is 103 Å². The summed E-state index contributed by atoms with van der Waals surface area (Å²) in [4.78, 5) is 7.57. The third-order valence-corrected chi connectivity index (χ3v) is 5.94. The minimum absolute atomic E-state index is 0. The molecule has 4 aromatic rings. The Hall–Kier alpha value is -3.46. The maximum atomic E-state index is 14.1. The normalized spacial score (nSPS) is 13.7. The molecule has 0 saturated carbocycles. The molecule has 4 heterocycles. The molecule has 0 saturated heterocycles. The SMILES string of the molecule is C[N+]1=Cc2cc3c(cc2CC1)OCO3.OC(Cn1cncn1)(Cn1cncn1)c1ccc(F)cc1F.[I-]. The average molecular weight is 623 g/mol. The monoisotopic (exact) mass is 623 g/mol. The molecule has 0 fully saturated rings. The molecule has 0 atom stereocenters. The van der Waals surface area contributed by atoms with Crippen molar-refractivity contribution in [2.75, 3.05) is 20.4 Å². The number of aliphatic hydroxyl groups is 1. The molecule has 37 heavy (non-hydrogen) atoms. The third kappa shape index (κ3) is 6.10. The van der Waals surface area contributed by atoms with Gasteiger partial charge in [0.15, 0.2) is 17.7 Å². The van der Waals surface area contributed by atoms with Crippen LogP contribution in [-0.4, -0.2) is 65.8 Å². The van der Waals surface area contributed by atoms with E-state index in [2.05, 4.69) is 50.1 Å². The van der Waals surface area contributed by atoms with Crippen LogP contribution < -0.4 is 33.5 Å². The Morgan fingerprint density at radius 2 is 1.65 bits per heavy atom. The van der Waals surface area contributed by atoms with E-state index in [0.29, 0.717) is 6.79 Å². The quantitative estimate of drug-likeness (QED) is 0.220. The standard InChI is InChI=1S/C13H12F2N6O.C11H12NO2.HI/c14-10-1-2-11(12(15)3-10)13(22,4-20-8-16-6-18-20)5-21-9-17-7-19-21;1-12-3-2-8-4-10-11(14-7-13-10)5-9(8)6-12;/h1-3,6-9,22H,4-5H2;4-6H,2-3,7H2,1H3;1H/q;+1;/p-1. The Balaban J connectivity index is 0.000000184. The molecule has 194 valence electrons. The van der Waals surface area contributed by atoms with E-state index in [4.69, 9.17) is 9.47 Å². The van der Waals surface area contributed by atoms with Crippen molar-refractivity contribution in [2.45, 2.75) is 25.1 Å². The molecule has 2 aromatic heterocycles. The van der Waals surface area contributed by atoms with E-state index in [0.717, 1.165) is 36.6 Å². The first-order valence-corrected chi connectivity index (χ1v) is 11.2. The Labute approximate surface area is 228 Å². The number of fused-ring (bicyclic) bond motifs is 2. The fourth-order valence-electron chi connectivity index (χ4n) is 4.19. The smallest absolute Gasteiger partial charge is 0.231 e. The van der Waals surface area contributed by atoms with Crippen molar-refractivity contribution in [1.82, 2.24) is 29.5 Å². The van der Waals surface area contributed by atoms with Crippen LogP contribution in [0.5, 0.6) is 11.5 Å². The molecule has 6 rings (SSSR count). The largest absolute Gasteiger partial charge is 1.00 e. The van der Waals surface area contributed by atoms with Crippen molar-refractivity contribution >= 4 is 6.21 Å². The molecule has 2 aromatic carbocycles. The summed E-state index contributed by atoms with van der Waals surface area (Å²) < 4.78 is 42.8. The van der Waals surface area contributed by atoms with Crippen LogP contribution in [0.3, 0.4) is 0 Å². The Bertz CT molecular complexity index is 1350. The summed E-state index contributed by atoms with van der Waals surface area (Å²) in [7, 11) is 2.09. The first kappa shape index (κ1) is 26.6. The fraction of sp³-hybridized carbons (Fsp3) is 0.292. The number of nitrogens with zero attached hydrogens (tertiary/aromatic N) is 7. The van der Waals surface area contributed by atoms with Gasteiger partial charge in [-0.05, 0) is 23.8 Å². The molecule has 0 amide bonds. The molecule has 1 N–H and O–H groups in total. The lowest BCUT2D eigenvalue weighted by molar-refractivity contribution is -0.493. The first-order chi connectivity index (χ1) is 17.4. The summed E-state index contributed by atoms with van der Waals surface area (Å²) in [5, 5.41) is 18.8. The van der Waals surface area contributed by atoms with E-state index in [9.17, 15) is 13.9 Å². The van der Waals surface area contributed by atoms with Crippen LogP contribution in [0, 0.1) is 11.6 Å². The van der Waals surface area contributed by atoms with E-state index >= 15 is 0 Å². The van der Waals surface area contributed by atoms with E-state index in [1.807, 2.05) is 0 Å². The molecular formula is C24H24F2IN7O3. The van der Waals surface area contributed by atoms with Crippen molar-refractivity contribution in [3.8, 4) is 11.5 Å². The second-order valence-electron chi connectivity index (χ2n) is 8.61. The van der Waals surface area contributed by atoms with E-state index in [-0.39, 0.29) is 42.6 Å². The minimum atomic E-state index is -1.70. The molecular weight excluding hydrogens is 599 g/mol. The van der Waals surface area contributed by atoms with Gasteiger partial charge in [0.05, 0.1) is 13.1 Å². The number of likely N-dealkylation sites (N-methyl/N-ethyl adjacent to an activating group) is 1. The van der Waals surface area contributed by atoms with Crippen molar-refractivity contribution in [3.63, 3.8) is 0 Å². The number of hydrogen-bond donors (Lipinski definition) is 1. The zero-order chi connectivity index (χ0) is 25.1. The molecule has 2 aliphatic heterocycles. The van der Waals surface area contributed by atoms with Gasteiger partial charge in [0.1, 0.15) is 56.1 Å². The van der Waals surface area contributed by atoms with Gasteiger partial charge in [-0.2, -0.15) is 10.2 Å². The lowest BCUT2D eigenvalue weighted by Gasteiger charge is -2.28. The van der Waals surface area contributed by atoms with E-state index in [1.165, 1.54) is 51.9 Å². The van der Waals surface area contributed by atoms with Crippen molar-refractivity contribution in [1.29, 1.82) is 0 Å². The van der Waals surface area contributed by atoms with E-state index in [1.54, 1.807) is 0 Å². The van der Waals surface area contributed by atoms with Gasteiger partial charge in [0, 0.05) is 23.6 Å². The lowest BCUT2D eigenvalue weighted by Crippen LogP contribution is -3.00. The van der Waals surface area contributed by atoms with Gasteiger partial charge in [-0.25, -0.2) is 32.7 Å². The number of rotatable bonds is 5. The van der Waals surface area contributed by atoms with Crippen LogP contribution in [0.25, 0.3) is 0 Å². The number of aromatic nitrogens is 6. The molecule has 0 aliphatic carbocycles. The second-order valence-corrected chi connectivity index (χ2v) is 8.61. The lowest BCUT2D eigenvalue weighted by atomic mass is 9.93. The van der Waals surface area contributed by atoms with Crippen molar-refractivity contribution < 1.29 is 51.9 Å². The summed E-state index contributed by atoms with van der Waals surface area (Å²) in [5.74, 6) is 0.199. The molecule has 0 radical (unpaired) electrons. The summed E-state index contributed by atoms with van der Waals surface area (Å²) >= 11 is 0. The maximum absolute atomic E-state index is 14.1. The Morgan fingerprint density at radius 3 is 2.24 bits per heavy atom. The highest BCUT2D eigenvalue weighted by molar-refractivity contribution is 5.80. The van der Waals surface area contributed by atoms with Gasteiger partial charge in [-0.3, -0.25) is 0 Å². The number of benzene rings is 2. The van der Waals surface area contributed by atoms with Gasteiger partial charge in [-0.1, -0.05) is 6.07 Å². The van der Waals surface area contributed by atoms with E-state index < -0.39 is 17.2 Å². The molecule has 13 heteroatoms. The number of halogens is 3. The molecule has 0 unspecified atom stereocenters. The molecule has 0 bridgehead atoms. The van der Waals surface area contributed by atoms with Crippen LogP contribution >= 0.6 is 0 Å². The first-order valence-electron chi connectivity index (χ1n) is 11.2. The summed E-state index contributed by atoms with van der Waals surface area (Å²) in [5.41, 5.74) is 0.856. The predicted molar refractivity (Wildman–Crippen MR) is 123 cm³/mol. The summed E-state index contributed by atoms with van der Waals surface area (Å²) in [6.07, 6.45) is 8.63. The Kier molecular flexibility index (Phi) is 8.12. The zero-order valence-corrected chi connectivity index (χ0v) is 22.0. The average Bonchev–Trinajstić information content (AvgIpc) is 3.61. The third-order valence-electron chi connectivity index (χ3n) is 5.94. The number of hydrogen-bond acceptors (Lipinski definition) is 7. The van der Waals surface area contributed by atoms with Crippen molar-refractivity contribution in [2.24, 2.45) is 0 Å².